The summed E-state index contributed by atoms with van der Waals surface area (Å²) in [5.74, 6) is -0.427. The number of anilines is 1. The van der Waals surface area contributed by atoms with E-state index < -0.39 is 23.4 Å². The van der Waals surface area contributed by atoms with Crippen molar-refractivity contribution in [2.75, 3.05) is 11.9 Å². The highest BCUT2D eigenvalue weighted by Gasteiger charge is 2.17. The Balaban J connectivity index is 1.77. The third-order valence-corrected chi connectivity index (χ3v) is 4.36. The molecule has 2 rings (SSSR count). The fourth-order valence-corrected chi connectivity index (χ4v) is 2.91. The first-order chi connectivity index (χ1) is 11.5. The molecule has 1 amide bonds. The van der Waals surface area contributed by atoms with Crippen LogP contribution in [-0.2, 0) is 14.3 Å². The van der Waals surface area contributed by atoms with Gasteiger partial charge in [0.1, 0.15) is 0 Å². The molecule has 0 unspecified atom stereocenters. The highest BCUT2D eigenvalue weighted by molar-refractivity contribution is 6.33. The second-order valence-corrected chi connectivity index (χ2v) is 6.23. The van der Waals surface area contributed by atoms with Gasteiger partial charge < -0.3 is 10.1 Å². The third-order valence-electron chi connectivity index (χ3n) is 4.03. The Morgan fingerprint density at radius 1 is 1.33 bits per heavy atom. The lowest BCUT2D eigenvalue weighted by Crippen LogP contribution is -2.21. The SMILES string of the molecule is O=C(COC(=O)CCC1CCCC1)Nc1cc([N+](=O)[O-])ccc1Cl. The average molecular weight is 355 g/mol. The van der Waals surface area contributed by atoms with Crippen LogP contribution in [0.2, 0.25) is 5.02 Å². The van der Waals surface area contributed by atoms with E-state index in [-0.39, 0.29) is 16.4 Å². The molecule has 8 heteroatoms. The minimum absolute atomic E-state index is 0.109. The molecular formula is C16H19ClN2O5. The van der Waals surface area contributed by atoms with Gasteiger partial charge in [-0.1, -0.05) is 37.3 Å². The van der Waals surface area contributed by atoms with Crippen LogP contribution in [0.15, 0.2) is 18.2 Å². The standard InChI is InChI=1S/C16H19ClN2O5/c17-13-7-6-12(19(22)23)9-14(13)18-15(20)10-24-16(21)8-5-11-3-1-2-4-11/h6-7,9,11H,1-5,8,10H2,(H,18,20). The average Bonchev–Trinajstić information content (AvgIpc) is 3.06. The summed E-state index contributed by atoms with van der Waals surface area (Å²) in [6, 6.07) is 3.71. The van der Waals surface area contributed by atoms with Crippen LogP contribution in [-0.4, -0.2) is 23.4 Å². The topological polar surface area (TPSA) is 98.5 Å². The summed E-state index contributed by atoms with van der Waals surface area (Å²) in [6.07, 6.45) is 5.82. The second-order valence-electron chi connectivity index (χ2n) is 5.82. The first-order valence-electron chi connectivity index (χ1n) is 7.85. The van der Waals surface area contributed by atoms with Crippen LogP contribution in [0, 0.1) is 16.0 Å². The summed E-state index contributed by atoms with van der Waals surface area (Å²) in [6.45, 7) is -0.442. The van der Waals surface area contributed by atoms with Crippen LogP contribution in [0.5, 0.6) is 0 Å². The van der Waals surface area contributed by atoms with E-state index in [2.05, 4.69) is 5.32 Å². The number of benzene rings is 1. The number of esters is 1. The minimum atomic E-state index is -0.591. The summed E-state index contributed by atoms with van der Waals surface area (Å²) in [5.41, 5.74) is -0.0823. The summed E-state index contributed by atoms with van der Waals surface area (Å²) < 4.78 is 4.93. The Bertz CT molecular complexity index is 629. The van der Waals surface area contributed by atoms with Crippen LogP contribution in [0.1, 0.15) is 38.5 Å². The molecule has 0 atom stereocenters. The number of hydrogen-bond donors (Lipinski definition) is 1. The normalized spacial score (nSPS) is 14.4. The summed E-state index contributed by atoms with van der Waals surface area (Å²) in [7, 11) is 0. The van der Waals surface area contributed by atoms with Crippen molar-refractivity contribution >= 4 is 34.9 Å². The zero-order valence-electron chi connectivity index (χ0n) is 13.1. The molecule has 0 bridgehead atoms. The Morgan fingerprint density at radius 3 is 2.71 bits per heavy atom. The van der Waals surface area contributed by atoms with Crippen molar-refractivity contribution in [2.24, 2.45) is 5.92 Å². The van der Waals surface area contributed by atoms with E-state index in [9.17, 15) is 19.7 Å². The van der Waals surface area contributed by atoms with Gasteiger partial charge in [-0.25, -0.2) is 0 Å². The smallest absolute Gasteiger partial charge is 0.306 e. The van der Waals surface area contributed by atoms with Gasteiger partial charge in [0.15, 0.2) is 6.61 Å². The molecule has 0 spiro atoms. The van der Waals surface area contributed by atoms with Crippen LogP contribution < -0.4 is 5.32 Å². The molecule has 0 saturated heterocycles. The molecule has 1 aliphatic carbocycles. The molecule has 130 valence electrons. The number of ether oxygens (including phenoxy) is 1. The lowest BCUT2D eigenvalue weighted by Gasteiger charge is -2.09. The van der Waals surface area contributed by atoms with Crippen LogP contribution >= 0.6 is 11.6 Å². The van der Waals surface area contributed by atoms with Gasteiger partial charge in [0.05, 0.1) is 15.6 Å². The van der Waals surface area contributed by atoms with Crippen molar-refractivity contribution in [1.29, 1.82) is 0 Å². The van der Waals surface area contributed by atoms with E-state index in [0.29, 0.717) is 12.3 Å². The van der Waals surface area contributed by atoms with Gasteiger partial charge in [0, 0.05) is 18.6 Å². The van der Waals surface area contributed by atoms with Crippen molar-refractivity contribution < 1.29 is 19.2 Å². The van der Waals surface area contributed by atoms with E-state index in [1.807, 2.05) is 0 Å². The number of halogens is 1. The number of rotatable bonds is 7. The quantitative estimate of drug-likeness (QED) is 0.457. The molecule has 24 heavy (non-hydrogen) atoms. The van der Waals surface area contributed by atoms with E-state index >= 15 is 0 Å². The minimum Gasteiger partial charge on any atom is -0.456 e. The summed E-state index contributed by atoms with van der Waals surface area (Å²) >= 11 is 5.89. The Hall–Kier alpha value is -2.15. The molecule has 1 saturated carbocycles. The van der Waals surface area contributed by atoms with Crippen LogP contribution in [0.4, 0.5) is 11.4 Å². The zero-order chi connectivity index (χ0) is 17.5. The molecular weight excluding hydrogens is 336 g/mol. The molecule has 1 N–H and O–H groups in total. The lowest BCUT2D eigenvalue weighted by molar-refractivity contribution is -0.384. The van der Waals surface area contributed by atoms with Crippen LogP contribution in [0.3, 0.4) is 0 Å². The Morgan fingerprint density at radius 2 is 2.04 bits per heavy atom. The molecule has 1 fully saturated rings. The number of nitrogens with one attached hydrogen (secondary N) is 1. The van der Waals surface area contributed by atoms with Crippen molar-refractivity contribution in [3.63, 3.8) is 0 Å². The summed E-state index contributed by atoms with van der Waals surface area (Å²) in [4.78, 5) is 33.6. The van der Waals surface area contributed by atoms with E-state index in [1.54, 1.807) is 0 Å². The number of non-ortho nitro benzene ring substituents is 1. The van der Waals surface area contributed by atoms with Gasteiger partial charge in [-0.05, 0) is 18.4 Å². The number of carbonyl (C=O) groups excluding carboxylic acids is 2. The Labute approximate surface area is 144 Å². The molecule has 0 aromatic heterocycles. The third kappa shape index (κ3) is 5.49. The monoisotopic (exact) mass is 354 g/mol. The molecule has 1 aromatic carbocycles. The number of hydrogen-bond acceptors (Lipinski definition) is 5. The number of nitro groups is 1. The molecule has 0 heterocycles. The molecule has 0 aliphatic heterocycles. The largest absolute Gasteiger partial charge is 0.456 e. The molecule has 7 nitrogen and oxygen atoms in total. The lowest BCUT2D eigenvalue weighted by atomic mass is 10.0. The zero-order valence-corrected chi connectivity index (χ0v) is 13.9. The first-order valence-corrected chi connectivity index (χ1v) is 8.23. The highest BCUT2D eigenvalue weighted by Crippen LogP contribution is 2.28. The predicted octanol–water partition coefficient (Wildman–Crippen LogP) is 3.70. The number of nitrogens with zero attached hydrogens (tertiary/aromatic N) is 1. The van der Waals surface area contributed by atoms with Gasteiger partial charge in [-0.2, -0.15) is 0 Å². The molecule has 1 aromatic rings. The van der Waals surface area contributed by atoms with Gasteiger partial charge in [-0.3, -0.25) is 19.7 Å². The number of amides is 1. The molecule has 0 radical (unpaired) electrons. The van der Waals surface area contributed by atoms with E-state index in [1.165, 1.54) is 25.0 Å². The van der Waals surface area contributed by atoms with Gasteiger partial charge >= 0.3 is 5.97 Å². The van der Waals surface area contributed by atoms with Gasteiger partial charge in [0.25, 0.3) is 11.6 Å². The maximum Gasteiger partial charge on any atom is 0.306 e. The fraction of sp³-hybridized carbons (Fsp3) is 0.500. The van der Waals surface area contributed by atoms with Crippen molar-refractivity contribution in [2.45, 2.75) is 38.5 Å². The predicted molar refractivity (Wildman–Crippen MR) is 88.9 cm³/mol. The van der Waals surface area contributed by atoms with Gasteiger partial charge in [0.2, 0.25) is 0 Å². The summed E-state index contributed by atoms with van der Waals surface area (Å²) in [5, 5.41) is 13.3. The van der Waals surface area contributed by atoms with Gasteiger partial charge in [-0.15, -0.1) is 0 Å². The maximum atomic E-state index is 11.8. The second kappa shape index (κ2) is 8.63. The Kier molecular flexibility index (Phi) is 6.54. The number of carbonyl (C=O) groups is 2. The van der Waals surface area contributed by atoms with Crippen molar-refractivity contribution in [3.05, 3.63) is 33.3 Å². The van der Waals surface area contributed by atoms with Crippen molar-refractivity contribution in [1.82, 2.24) is 0 Å². The van der Waals surface area contributed by atoms with Crippen molar-refractivity contribution in [3.8, 4) is 0 Å². The maximum absolute atomic E-state index is 11.8. The molecule has 1 aliphatic rings. The number of nitro benzene ring substituents is 1. The van der Waals surface area contributed by atoms with E-state index in [4.69, 9.17) is 16.3 Å². The highest BCUT2D eigenvalue weighted by atomic mass is 35.5. The van der Waals surface area contributed by atoms with Crippen LogP contribution in [0.25, 0.3) is 0 Å². The fourth-order valence-electron chi connectivity index (χ4n) is 2.75. The van der Waals surface area contributed by atoms with E-state index in [0.717, 1.165) is 25.3 Å². The first kappa shape index (κ1) is 18.2.